The van der Waals surface area contributed by atoms with E-state index in [0.29, 0.717) is 18.0 Å². The van der Waals surface area contributed by atoms with Gasteiger partial charge in [-0.25, -0.2) is 0 Å². The Balaban J connectivity index is 2.86. The molecule has 1 heterocycles. The second-order valence-electron chi connectivity index (χ2n) is 5.65. The zero-order valence-corrected chi connectivity index (χ0v) is 11.8. The van der Waals surface area contributed by atoms with Crippen LogP contribution in [0.2, 0.25) is 0 Å². The van der Waals surface area contributed by atoms with Crippen LogP contribution in [-0.4, -0.2) is 46.9 Å². The smallest absolute Gasteiger partial charge is 0.246 e. The molecule has 98 valence electrons. The fourth-order valence-corrected chi connectivity index (χ4v) is 2.64. The Labute approximate surface area is 105 Å². The van der Waals surface area contributed by atoms with Gasteiger partial charge in [-0.2, -0.15) is 0 Å². The molecule has 0 radical (unpaired) electrons. The van der Waals surface area contributed by atoms with Gasteiger partial charge in [-0.15, -0.1) is 0 Å². The van der Waals surface area contributed by atoms with Crippen LogP contribution in [0.5, 0.6) is 0 Å². The molecule has 0 aromatic carbocycles. The molecule has 0 aromatic heterocycles. The zero-order valence-electron chi connectivity index (χ0n) is 11.8. The van der Waals surface area contributed by atoms with Crippen molar-refractivity contribution in [1.29, 1.82) is 0 Å². The van der Waals surface area contributed by atoms with Crippen molar-refractivity contribution in [2.75, 3.05) is 13.1 Å². The van der Waals surface area contributed by atoms with E-state index in [1.165, 1.54) is 6.08 Å². The fourth-order valence-electron chi connectivity index (χ4n) is 2.64. The van der Waals surface area contributed by atoms with Crippen molar-refractivity contribution in [1.82, 2.24) is 9.80 Å². The number of carbonyl (C=O) groups excluding carboxylic acids is 1. The first-order chi connectivity index (χ1) is 7.88. The molecule has 17 heavy (non-hydrogen) atoms. The van der Waals surface area contributed by atoms with Crippen LogP contribution in [0.15, 0.2) is 12.7 Å². The summed E-state index contributed by atoms with van der Waals surface area (Å²) in [6.45, 7) is 16.4. The average molecular weight is 238 g/mol. The summed E-state index contributed by atoms with van der Waals surface area (Å²) in [6, 6.07) is 1.26. The molecule has 0 N–H and O–H groups in total. The van der Waals surface area contributed by atoms with E-state index in [0.717, 1.165) is 13.1 Å². The third-order valence-corrected chi connectivity index (χ3v) is 3.71. The predicted octanol–water partition coefficient (Wildman–Crippen LogP) is 2.14. The minimum absolute atomic E-state index is 0.0616. The van der Waals surface area contributed by atoms with E-state index in [1.54, 1.807) is 0 Å². The molecule has 2 atom stereocenters. The van der Waals surface area contributed by atoms with Crippen molar-refractivity contribution in [2.45, 2.75) is 52.7 Å². The van der Waals surface area contributed by atoms with Crippen molar-refractivity contribution >= 4 is 5.91 Å². The Hall–Kier alpha value is -0.830. The number of nitrogens with zero attached hydrogens (tertiary/aromatic N) is 2. The Morgan fingerprint density at radius 3 is 2.29 bits per heavy atom. The van der Waals surface area contributed by atoms with E-state index in [4.69, 9.17) is 0 Å². The summed E-state index contributed by atoms with van der Waals surface area (Å²) in [5.41, 5.74) is 0. The van der Waals surface area contributed by atoms with E-state index in [2.05, 4.69) is 46.1 Å². The van der Waals surface area contributed by atoms with E-state index in [9.17, 15) is 4.79 Å². The molecule has 0 aromatic rings. The first-order valence-electron chi connectivity index (χ1n) is 6.57. The molecule has 2 unspecified atom stereocenters. The van der Waals surface area contributed by atoms with Crippen LogP contribution in [0.25, 0.3) is 0 Å². The van der Waals surface area contributed by atoms with Crippen LogP contribution < -0.4 is 0 Å². The fraction of sp³-hybridized carbons (Fsp3) is 0.786. The standard InChI is InChI=1S/C14H26N2O/c1-7-14(17)16-9-13(10(2)3)15(11(4)5)8-12(16)6/h7,10-13H,1,8-9H2,2-6H3. The summed E-state index contributed by atoms with van der Waals surface area (Å²) in [7, 11) is 0. The number of piperazine rings is 1. The maximum Gasteiger partial charge on any atom is 0.246 e. The molecular weight excluding hydrogens is 212 g/mol. The minimum Gasteiger partial charge on any atom is -0.334 e. The lowest BCUT2D eigenvalue weighted by atomic mass is 9.95. The van der Waals surface area contributed by atoms with Crippen molar-refractivity contribution < 1.29 is 4.79 Å². The van der Waals surface area contributed by atoms with Crippen molar-refractivity contribution in [3.8, 4) is 0 Å². The van der Waals surface area contributed by atoms with Gasteiger partial charge in [0, 0.05) is 31.2 Å². The molecule has 1 rings (SSSR count). The summed E-state index contributed by atoms with van der Waals surface area (Å²) in [5.74, 6) is 0.622. The summed E-state index contributed by atoms with van der Waals surface area (Å²) in [6.07, 6.45) is 1.43. The third kappa shape index (κ3) is 3.09. The highest BCUT2D eigenvalue weighted by Gasteiger charge is 2.35. The molecule has 1 fully saturated rings. The largest absolute Gasteiger partial charge is 0.334 e. The number of carbonyl (C=O) groups is 1. The van der Waals surface area contributed by atoms with Gasteiger partial charge in [-0.3, -0.25) is 9.69 Å². The van der Waals surface area contributed by atoms with Gasteiger partial charge < -0.3 is 4.90 Å². The van der Waals surface area contributed by atoms with Crippen LogP contribution in [-0.2, 0) is 4.79 Å². The second kappa shape index (κ2) is 5.67. The van der Waals surface area contributed by atoms with E-state index in [-0.39, 0.29) is 11.9 Å². The van der Waals surface area contributed by atoms with Gasteiger partial charge in [0.15, 0.2) is 0 Å². The Kier molecular flexibility index (Phi) is 4.75. The Morgan fingerprint density at radius 1 is 1.29 bits per heavy atom. The molecule has 0 spiro atoms. The van der Waals surface area contributed by atoms with Gasteiger partial charge in [-0.1, -0.05) is 20.4 Å². The van der Waals surface area contributed by atoms with Gasteiger partial charge in [0.2, 0.25) is 5.91 Å². The second-order valence-corrected chi connectivity index (χ2v) is 5.65. The lowest BCUT2D eigenvalue weighted by Crippen LogP contribution is -2.61. The minimum atomic E-state index is 0.0616. The number of hydrogen-bond donors (Lipinski definition) is 0. The molecule has 1 aliphatic heterocycles. The maximum atomic E-state index is 11.8. The van der Waals surface area contributed by atoms with E-state index >= 15 is 0 Å². The van der Waals surface area contributed by atoms with E-state index in [1.807, 2.05) is 4.90 Å². The van der Waals surface area contributed by atoms with Crippen molar-refractivity contribution in [3.05, 3.63) is 12.7 Å². The maximum absolute atomic E-state index is 11.8. The summed E-state index contributed by atoms with van der Waals surface area (Å²) < 4.78 is 0. The highest BCUT2D eigenvalue weighted by Crippen LogP contribution is 2.23. The number of amides is 1. The van der Waals surface area contributed by atoms with Crippen LogP contribution >= 0.6 is 0 Å². The Morgan fingerprint density at radius 2 is 1.88 bits per heavy atom. The van der Waals surface area contributed by atoms with Gasteiger partial charge in [0.1, 0.15) is 0 Å². The van der Waals surface area contributed by atoms with E-state index < -0.39 is 0 Å². The third-order valence-electron chi connectivity index (χ3n) is 3.71. The number of hydrogen-bond acceptors (Lipinski definition) is 2. The average Bonchev–Trinajstić information content (AvgIpc) is 2.27. The summed E-state index contributed by atoms with van der Waals surface area (Å²) >= 11 is 0. The SMILES string of the molecule is C=CC(=O)N1CC(C(C)C)N(C(C)C)CC1C. The molecule has 3 nitrogen and oxygen atoms in total. The topological polar surface area (TPSA) is 23.6 Å². The lowest BCUT2D eigenvalue weighted by Gasteiger charge is -2.48. The van der Waals surface area contributed by atoms with Crippen LogP contribution in [0.4, 0.5) is 0 Å². The van der Waals surface area contributed by atoms with Crippen molar-refractivity contribution in [3.63, 3.8) is 0 Å². The summed E-state index contributed by atoms with van der Waals surface area (Å²) in [4.78, 5) is 16.3. The molecular formula is C14H26N2O. The molecule has 1 amide bonds. The van der Waals surface area contributed by atoms with Gasteiger partial charge in [-0.05, 0) is 32.8 Å². The summed E-state index contributed by atoms with van der Waals surface area (Å²) in [5, 5.41) is 0. The van der Waals surface area contributed by atoms with Crippen LogP contribution in [0.3, 0.4) is 0 Å². The normalized spacial score (nSPS) is 26.6. The van der Waals surface area contributed by atoms with Gasteiger partial charge >= 0.3 is 0 Å². The molecule has 0 bridgehead atoms. The highest BCUT2D eigenvalue weighted by molar-refractivity contribution is 5.87. The molecule has 3 heteroatoms. The molecule has 1 saturated heterocycles. The first kappa shape index (κ1) is 14.2. The molecule has 0 saturated carbocycles. The van der Waals surface area contributed by atoms with Crippen molar-refractivity contribution in [2.24, 2.45) is 5.92 Å². The van der Waals surface area contributed by atoms with Gasteiger partial charge in [0.25, 0.3) is 0 Å². The molecule has 0 aliphatic carbocycles. The van der Waals surface area contributed by atoms with Gasteiger partial charge in [0.05, 0.1) is 0 Å². The Bertz CT molecular complexity index is 286. The van der Waals surface area contributed by atoms with Crippen LogP contribution in [0.1, 0.15) is 34.6 Å². The predicted molar refractivity (Wildman–Crippen MR) is 71.8 cm³/mol. The zero-order chi connectivity index (χ0) is 13.2. The number of rotatable bonds is 3. The monoisotopic (exact) mass is 238 g/mol. The van der Waals surface area contributed by atoms with Crippen LogP contribution in [0, 0.1) is 5.92 Å². The highest BCUT2D eigenvalue weighted by atomic mass is 16.2. The quantitative estimate of drug-likeness (QED) is 0.703. The lowest BCUT2D eigenvalue weighted by molar-refractivity contribution is -0.133. The molecule has 1 aliphatic rings. The first-order valence-corrected chi connectivity index (χ1v) is 6.57.